The Bertz CT molecular complexity index is 446. The molecule has 1 aliphatic rings. The highest BCUT2D eigenvalue weighted by Crippen LogP contribution is 2.20. The average molecular weight is 221 g/mol. The lowest BCUT2D eigenvalue weighted by molar-refractivity contribution is 0.0734. The Kier molecular flexibility index (Phi) is 2.43. The molecule has 2 aromatic heterocycles. The van der Waals surface area contributed by atoms with Crippen molar-refractivity contribution in [3.05, 3.63) is 24.2 Å². The number of nitrogens with one attached hydrogen (secondary N) is 1. The summed E-state index contributed by atoms with van der Waals surface area (Å²) in [6, 6.07) is 3.56. The van der Waals surface area contributed by atoms with Gasteiger partial charge in [0.25, 0.3) is 5.89 Å². The number of hydrogen-bond donors (Lipinski definition) is 1. The van der Waals surface area contributed by atoms with Crippen LogP contribution in [0, 0.1) is 0 Å². The minimum atomic E-state index is 0.00112. The van der Waals surface area contributed by atoms with Gasteiger partial charge in [-0.3, -0.25) is 0 Å². The van der Waals surface area contributed by atoms with Crippen molar-refractivity contribution < 1.29 is 13.7 Å². The summed E-state index contributed by atoms with van der Waals surface area (Å²) < 4.78 is 15.6. The Hall–Kier alpha value is -1.66. The summed E-state index contributed by atoms with van der Waals surface area (Å²) in [4.78, 5) is 4.26. The van der Waals surface area contributed by atoms with E-state index in [1.54, 1.807) is 18.4 Å². The lowest BCUT2D eigenvalue weighted by Crippen LogP contribution is -2.35. The summed E-state index contributed by atoms with van der Waals surface area (Å²) >= 11 is 0. The maximum atomic E-state index is 5.33. The summed E-state index contributed by atoms with van der Waals surface area (Å²) in [5, 5.41) is 7.16. The molecule has 84 valence electrons. The monoisotopic (exact) mass is 221 g/mol. The highest BCUT2D eigenvalue weighted by molar-refractivity contribution is 5.42. The molecule has 0 radical (unpaired) electrons. The molecule has 3 rings (SSSR count). The SMILES string of the molecule is c1coc(-c2nc(C3COCCN3)no2)c1. The van der Waals surface area contributed by atoms with Crippen molar-refractivity contribution in [1.29, 1.82) is 0 Å². The van der Waals surface area contributed by atoms with Crippen LogP contribution in [0.15, 0.2) is 27.3 Å². The van der Waals surface area contributed by atoms with Crippen molar-refractivity contribution in [2.45, 2.75) is 6.04 Å². The Labute approximate surface area is 91.6 Å². The summed E-state index contributed by atoms with van der Waals surface area (Å²) in [5.41, 5.74) is 0. The molecule has 1 fully saturated rings. The Balaban J connectivity index is 1.82. The maximum Gasteiger partial charge on any atom is 0.293 e. The number of furan rings is 1. The highest BCUT2D eigenvalue weighted by atomic mass is 16.5. The van der Waals surface area contributed by atoms with Gasteiger partial charge in [0.1, 0.15) is 0 Å². The first kappa shape index (κ1) is 9.56. The number of morpholine rings is 1. The van der Waals surface area contributed by atoms with Gasteiger partial charge in [-0.05, 0) is 12.1 Å². The molecule has 3 heterocycles. The fourth-order valence-corrected chi connectivity index (χ4v) is 1.61. The Morgan fingerprint density at radius 1 is 1.44 bits per heavy atom. The van der Waals surface area contributed by atoms with Crippen LogP contribution in [-0.2, 0) is 4.74 Å². The predicted octanol–water partition coefficient (Wildman–Crippen LogP) is 0.990. The van der Waals surface area contributed by atoms with Gasteiger partial charge in [-0.25, -0.2) is 0 Å². The molecule has 6 nitrogen and oxygen atoms in total. The standard InChI is InChI=1S/C10H11N3O3/c1-2-8(15-4-1)10-12-9(13-16-10)7-6-14-5-3-11-7/h1-2,4,7,11H,3,5-6H2. The summed E-state index contributed by atoms with van der Waals surface area (Å²) in [6.07, 6.45) is 1.57. The predicted molar refractivity (Wildman–Crippen MR) is 53.6 cm³/mol. The van der Waals surface area contributed by atoms with Crippen LogP contribution in [0.2, 0.25) is 0 Å². The van der Waals surface area contributed by atoms with Crippen LogP contribution in [0.25, 0.3) is 11.7 Å². The van der Waals surface area contributed by atoms with Crippen LogP contribution in [0.1, 0.15) is 11.9 Å². The van der Waals surface area contributed by atoms with E-state index in [0.717, 1.165) is 13.2 Å². The largest absolute Gasteiger partial charge is 0.459 e. The van der Waals surface area contributed by atoms with Gasteiger partial charge in [0.15, 0.2) is 11.6 Å². The third kappa shape index (κ3) is 1.72. The minimum absolute atomic E-state index is 0.00112. The van der Waals surface area contributed by atoms with Crippen LogP contribution >= 0.6 is 0 Å². The molecular weight excluding hydrogens is 210 g/mol. The molecule has 1 unspecified atom stereocenters. The molecule has 1 saturated heterocycles. The van der Waals surface area contributed by atoms with E-state index < -0.39 is 0 Å². The fraction of sp³-hybridized carbons (Fsp3) is 0.400. The van der Waals surface area contributed by atoms with Crippen molar-refractivity contribution in [1.82, 2.24) is 15.5 Å². The molecule has 0 saturated carbocycles. The minimum Gasteiger partial charge on any atom is -0.459 e. The fourth-order valence-electron chi connectivity index (χ4n) is 1.61. The van der Waals surface area contributed by atoms with Gasteiger partial charge < -0.3 is 19.0 Å². The second-order valence-electron chi connectivity index (χ2n) is 3.52. The molecule has 1 aliphatic heterocycles. The third-order valence-corrected chi connectivity index (χ3v) is 2.41. The van der Waals surface area contributed by atoms with E-state index in [9.17, 15) is 0 Å². The zero-order chi connectivity index (χ0) is 10.8. The van der Waals surface area contributed by atoms with E-state index in [4.69, 9.17) is 13.7 Å². The van der Waals surface area contributed by atoms with Gasteiger partial charge in [-0.15, -0.1) is 0 Å². The molecule has 0 bridgehead atoms. The molecule has 1 N–H and O–H groups in total. The van der Waals surface area contributed by atoms with Gasteiger partial charge in [0.05, 0.1) is 25.5 Å². The number of nitrogens with zero attached hydrogens (tertiary/aromatic N) is 2. The Morgan fingerprint density at radius 2 is 2.44 bits per heavy atom. The van der Waals surface area contributed by atoms with E-state index in [1.807, 2.05) is 0 Å². The number of ether oxygens (including phenoxy) is 1. The number of rotatable bonds is 2. The van der Waals surface area contributed by atoms with Gasteiger partial charge in [0, 0.05) is 6.54 Å². The van der Waals surface area contributed by atoms with Crippen LogP contribution in [-0.4, -0.2) is 29.9 Å². The number of hydrogen-bond acceptors (Lipinski definition) is 6. The van der Waals surface area contributed by atoms with E-state index in [-0.39, 0.29) is 6.04 Å². The van der Waals surface area contributed by atoms with Gasteiger partial charge in [-0.2, -0.15) is 4.98 Å². The Morgan fingerprint density at radius 3 is 3.19 bits per heavy atom. The first-order valence-corrected chi connectivity index (χ1v) is 5.12. The third-order valence-electron chi connectivity index (χ3n) is 2.41. The van der Waals surface area contributed by atoms with Crippen LogP contribution in [0.4, 0.5) is 0 Å². The second-order valence-corrected chi connectivity index (χ2v) is 3.52. The topological polar surface area (TPSA) is 73.3 Å². The zero-order valence-electron chi connectivity index (χ0n) is 8.55. The quantitative estimate of drug-likeness (QED) is 0.815. The maximum absolute atomic E-state index is 5.33. The molecule has 6 heteroatoms. The lowest BCUT2D eigenvalue weighted by Gasteiger charge is -2.20. The van der Waals surface area contributed by atoms with Crippen molar-refractivity contribution in [3.63, 3.8) is 0 Å². The van der Waals surface area contributed by atoms with Crippen LogP contribution < -0.4 is 5.32 Å². The highest BCUT2D eigenvalue weighted by Gasteiger charge is 2.21. The normalized spacial score (nSPS) is 21.1. The molecule has 1 atom stereocenters. The van der Waals surface area contributed by atoms with Gasteiger partial charge in [-0.1, -0.05) is 5.16 Å². The molecule has 0 aliphatic carbocycles. The van der Waals surface area contributed by atoms with E-state index in [2.05, 4.69) is 15.5 Å². The van der Waals surface area contributed by atoms with Gasteiger partial charge >= 0.3 is 0 Å². The van der Waals surface area contributed by atoms with Gasteiger partial charge in [0.2, 0.25) is 0 Å². The summed E-state index contributed by atoms with van der Waals surface area (Å²) in [7, 11) is 0. The average Bonchev–Trinajstić information content (AvgIpc) is 3.01. The van der Waals surface area contributed by atoms with Crippen molar-refractivity contribution in [2.24, 2.45) is 0 Å². The number of aromatic nitrogens is 2. The first-order chi connectivity index (χ1) is 7.93. The van der Waals surface area contributed by atoms with E-state index >= 15 is 0 Å². The lowest BCUT2D eigenvalue weighted by atomic mass is 10.2. The summed E-state index contributed by atoms with van der Waals surface area (Å²) in [6.45, 7) is 2.09. The van der Waals surface area contributed by atoms with E-state index in [0.29, 0.717) is 24.1 Å². The second kappa shape index (κ2) is 4.07. The molecule has 0 aromatic carbocycles. The molecule has 2 aromatic rings. The van der Waals surface area contributed by atoms with Crippen molar-refractivity contribution >= 4 is 0 Å². The summed E-state index contributed by atoms with van der Waals surface area (Å²) in [5.74, 6) is 1.58. The van der Waals surface area contributed by atoms with E-state index in [1.165, 1.54) is 0 Å². The first-order valence-electron chi connectivity index (χ1n) is 5.12. The molecule has 16 heavy (non-hydrogen) atoms. The van der Waals surface area contributed by atoms with Crippen LogP contribution in [0.5, 0.6) is 0 Å². The smallest absolute Gasteiger partial charge is 0.293 e. The molecule has 0 spiro atoms. The zero-order valence-corrected chi connectivity index (χ0v) is 8.55. The molecule has 0 amide bonds. The molecular formula is C10H11N3O3. The van der Waals surface area contributed by atoms with Crippen molar-refractivity contribution in [3.8, 4) is 11.7 Å². The van der Waals surface area contributed by atoms with Crippen LogP contribution in [0.3, 0.4) is 0 Å². The van der Waals surface area contributed by atoms with Crippen molar-refractivity contribution in [2.75, 3.05) is 19.8 Å².